The van der Waals surface area contributed by atoms with E-state index in [1.165, 1.54) is 11.3 Å². The molecule has 1 heterocycles. The van der Waals surface area contributed by atoms with Gasteiger partial charge in [0, 0.05) is 18.8 Å². The van der Waals surface area contributed by atoms with E-state index in [1.807, 2.05) is 6.07 Å². The van der Waals surface area contributed by atoms with Crippen LogP contribution in [0.1, 0.15) is 25.3 Å². The molecule has 1 aromatic rings. The summed E-state index contributed by atoms with van der Waals surface area (Å²) in [5.41, 5.74) is 2.61. The van der Waals surface area contributed by atoms with Crippen LogP contribution in [0.25, 0.3) is 0 Å². The molecule has 90 valence electrons. The van der Waals surface area contributed by atoms with Crippen molar-refractivity contribution in [1.29, 1.82) is 5.26 Å². The lowest BCUT2D eigenvalue weighted by atomic mass is 10.1. The second kappa shape index (κ2) is 5.58. The van der Waals surface area contributed by atoms with Gasteiger partial charge < -0.3 is 9.64 Å². The highest BCUT2D eigenvalue weighted by Crippen LogP contribution is 2.31. The lowest BCUT2D eigenvalue weighted by molar-refractivity contribution is 0.317. The Morgan fingerprint density at radius 3 is 3.12 bits per heavy atom. The van der Waals surface area contributed by atoms with Gasteiger partial charge in [-0.25, -0.2) is 0 Å². The molecule has 1 aliphatic heterocycles. The molecule has 0 bridgehead atoms. The minimum absolute atomic E-state index is 0.591. The molecule has 0 unspecified atom stereocenters. The largest absolute Gasteiger partial charge is 0.494 e. The van der Waals surface area contributed by atoms with Gasteiger partial charge in [-0.2, -0.15) is 5.26 Å². The number of nitrogens with zero attached hydrogens (tertiary/aromatic N) is 2. The normalized spacial score (nSPS) is 13.3. The standard InChI is InChI=1S/C14H18N2O/c1-2-10-17-13-4-5-14-12(11-13)6-9-16(14)8-3-7-15/h4-5,11H,2-3,6,8-10H2,1H3. The second-order valence-corrected chi connectivity index (χ2v) is 4.28. The van der Waals surface area contributed by atoms with Crippen LogP contribution in [0.3, 0.4) is 0 Å². The van der Waals surface area contributed by atoms with Crippen LogP contribution in [-0.2, 0) is 6.42 Å². The molecule has 0 amide bonds. The number of hydrogen-bond donors (Lipinski definition) is 0. The van der Waals surface area contributed by atoms with Gasteiger partial charge in [-0.3, -0.25) is 0 Å². The Labute approximate surface area is 103 Å². The van der Waals surface area contributed by atoms with Gasteiger partial charge in [0.2, 0.25) is 0 Å². The first kappa shape index (κ1) is 11.8. The van der Waals surface area contributed by atoms with Gasteiger partial charge in [-0.05, 0) is 36.6 Å². The summed E-state index contributed by atoms with van der Waals surface area (Å²) in [6, 6.07) is 8.48. The number of ether oxygens (including phenoxy) is 1. The summed E-state index contributed by atoms with van der Waals surface area (Å²) in [5, 5.41) is 8.62. The predicted octanol–water partition coefficient (Wildman–Crippen LogP) is 2.75. The van der Waals surface area contributed by atoms with Crippen LogP contribution < -0.4 is 9.64 Å². The SMILES string of the molecule is CCCOc1ccc2c(c1)CCN2CCC#N. The smallest absolute Gasteiger partial charge is 0.119 e. The highest BCUT2D eigenvalue weighted by atomic mass is 16.5. The molecule has 0 saturated heterocycles. The first-order valence-electron chi connectivity index (χ1n) is 6.22. The van der Waals surface area contributed by atoms with E-state index in [4.69, 9.17) is 10.00 Å². The maximum atomic E-state index is 8.62. The molecule has 1 aliphatic rings. The van der Waals surface area contributed by atoms with E-state index < -0.39 is 0 Å². The quantitative estimate of drug-likeness (QED) is 0.780. The Balaban J connectivity index is 2.06. The van der Waals surface area contributed by atoms with Gasteiger partial charge in [-0.15, -0.1) is 0 Å². The maximum Gasteiger partial charge on any atom is 0.119 e. The van der Waals surface area contributed by atoms with Crippen molar-refractivity contribution in [2.45, 2.75) is 26.2 Å². The fourth-order valence-electron chi connectivity index (χ4n) is 2.17. The molecule has 0 radical (unpaired) electrons. The third-order valence-corrected chi connectivity index (χ3v) is 3.01. The summed E-state index contributed by atoms with van der Waals surface area (Å²) in [6.45, 7) is 4.74. The maximum absolute atomic E-state index is 8.62. The number of anilines is 1. The molecule has 0 saturated carbocycles. The minimum Gasteiger partial charge on any atom is -0.494 e. The Bertz CT molecular complexity index is 423. The molecule has 0 aliphatic carbocycles. The molecule has 17 heavy (non-hydrogen) atoms. The van der Waals surface area contributed by atoms with E-state index in [0.29, 0.717) is 6.42 Å². The zero-order valence-corrected chi connectivity index (χ0v) is 10.3. The molecular formula is C14H18N2O. The molecule has 0 aromatic heterocycles. The van der Waals surface area contributed by atoms with E-state index >= 15 is 0 Å². The van der Waals surface area contributed by atoms with Crippen molar-refractivity contribution in [2.24, 2.45) is 0 Å². The van der Waals surface area contributed by atoms with Crippen molar-refractivity contribution >= 4 is 5.69 Å². The summed E-state index contributed by atoms with van der Waals surface area (Å²) in [7, 11) is 0. The van der Waals surface area contributed by atoms with Crippen LogP contribution in [-0.4, -0.2) is 19.7 Å². The van der Waals surface area contributed by atoms with Gasteiger partial charge in [-0.1, -0.05) is 6.92 Å². The zero-order chi connectivity index (χ0) is 12.1. The zero-order valence-electron chi connectivity index (χ0n) is 10.3. The van der Waals surface area contributed by atoms with Gasteiger partial charge in [0.1, 0.15) is 5.75 Å². The minimum atomic E-state index is 0.591. The summed E-state index contributed by atoms with van der Waals surface area (Å²) in [4.78, 5) is 2.28. The van der Waals surface area contributed by atoms with Crippen molar-refractivity contribution in [3.63, 3.8) is 0 Å². The Morgan fingerprint density at radius 2 is 2.35 bits per heavy atom. The Kier molecular flexibility index (Phi) is 3.87. The lowest BCUT2D eigenvalue weighted by Gasteiger charge is -2.17. The van der Waals surface area contributed by atoms with Gasteiger partial charge in [0.25, 0.3) is 0 Å². The fraction of sp³-hybridized carbons (Fsp3) is 0.500. The van der Waals surface area contributed by atoms with Crippen LogP contribution in [0.2, 0.25) is 0 Å². The number of nitriles is 1. The molecule has 0 atom stereocenters. The van der Waals surface area contributed by atoms with Gasteiger partial charge >= 0.3 is 0 Å². The first-order valence-corrected chi connectivity index (χ1v) is 6.22. The summed E-state index contributed by atoms with van der Waals surface area (Å²) >= 11 is 0. The van der Waals surface area contributed by atoms with E-state index in [1.54, 1.807) is 0 Å². The number of hydrogen-bond acceptors (Lipinski definition) is 3. The molecule has 3 heteroatoms. The number of benzene rings is 1. The van der Waals surface area contributed by atoms with Gasteiger partial charge in [0.15, 0.2) is 0 Å². The highest BCUT2D eigenvalue weighted by molar-refractivity contribution is 5.60. The second-order valence-electron chi connectivity index (χ2n) is 4.28. The molecule has 0 spiro atoms. The van der Waals surface area contributed by atoms with Crippen molar-refractivity contribution in [3.05, 3.63) is 23.8 Å². The van der Waals surface area contributed by atoms with Crippen molar-refractivity contribution in [1.82, 2.24) is 0 Å². The molecular weight excluding hydrogens is 212 g/mol. The molecule has 3 nitrogen and oxygen atoms in total. The lowest BCUT2D eigenvalue weighted by Crippen LogP contribution is -2.21. The van der Waals surface area contributed by atoms with Gasteiger partial charge in [0.05, 0.1) is 19.1 Å². The highest BCUT2D eigenvalue weighted by Gasteiger charge is 2.18. The average molecular weight is 230 g/mol. The van der Waals surface area contributed by atoms with Crippen molar-refractivity contribution in [3.8, 4) is 11.8 Å². The molecule has 0 N–H and O–H groups in total. The fourth-order valence-corrected chi connectivity index (χ4v) is 2.17. The third-order valence-electron chi connectivity index (χ3n) is 3.01. The first-order chi connectivity index (χ1) is 8.35. The monoisotopic (exact) mass is 230 g/mol. The molecule has 0 fully saturated rings. The van der Waals surface area contributed by atoms with E-state index in [2.05, 4.69) is 30.0 Å². The topological polar surface area (TPSA) is 36.3 Å². The van der Waals surface area contributed by atoms with E-state index in [-0.39, 0.29) is 0 Å². The summed E-state index contributed by atoms with van der Waals surface area (Å²) in [5.74, 6) is 0.965. The van der Waals surface area contributed by atoms with E-state index in [9.17, 15) is 0 Å². The van der Waals surface area contributed by atoms with E-state index in [0.717, 1.165) is 38.3 Å². The van der Waals surface area contributed by atoms with Crippen LogP contribution in [0, 0.1) is 11.3 Å². The molecule has 1 aromatic carbocycles. The van der Waals surface area contributed by atoms with Crippen LogP contribution >= 0.6 is 0 Å². The third kappa shape index (κ3) is 2.71. The number of rotatable bonds is 5. The van der Waals surface area contributed by atoms with Crippen molar-refractivity contribution < 1.29 is 4.74 Å². The van der Waals surface area contributed by atoms with Crippen molar-refractivity contribution in [2.75, 3.05) is 24.6 Å². The summed E-state index contributed by atoms with van der Waals surface area (Å²) in [6.07, 6.45) is 2.68. The van der Waals surface area contributed by atoms with Crippen LogP contribution in [0.4, 0.5) is 5.69 Å². The predicted molar refractivity (Wildman–Crippen MR) is 68.4 cm³/mol. The summed E-state index contributed by atoms with van der Waals surface area (Å²) < 4.78 is 5.63. The van der Waals surface area contributed by atoms with Crippen LogP contribution in [0.15, 0.2) is 18.2 Å². The Hall–Kier alpha value is -1.69. The molecule has 2 rings (SSSR count). The Morgan fingerprint density at radius 1 is 1.47 bits per heavy atom. The number of fused-ring (bicyclic) bond motifs is 1. The van der Waals surface area contributed by atoms with Crippen LogP contribution in [0.5, 0.6) is 5.75 Å². The average Bonchev–Trinajstić information content (AvgIpc) is 2.76.